The van der Waals surface area contributed by atoms with Gasteiger partial charge in [0.2, 0.25) is 5.91 Å². The third-order valence-corrected chi connectivity index (χ3v) is 4.02. The van der Waals surface area contributed by atoms with Crippen LogP contribution in [0, 0.1) is 0 Å². The Morgan fingerprint density at radius 2 is 2.00 bits per heavy atom. The molecule has 1 unspecified atom stereocenters. The molecule has 16 heavy (non-hydrogen) atoms. The van der Waals surface area contributed by atoms with Crippen LogP contribution in [-0.2, 0) is 19.4 Å². The molecule has 0 aromatic carbocycles. The van der Waals surface area contributed by atoms with Gasteiger partial charge in [-0.2, -0.15) is 0 Å². The highest BCUT2D eigenvalue weighted by Crippen LogP contribution is 2.04. The Balaban J connectivity index is 4.20. The van der Waals surface area contributed by atoms with Crippen LogP contribution in [0.4, 0.5) is 0 Å². The van der Waals surface area contributed by atoms with Crippen molar-refractivity contribution in [1.82, 2.24) is 5.32 Å². The molecule has 94 valence electrons. The summed E-state index contributed by atoms with van der Waals surface area (Å²) in [6.45, 7) is 1.62. The van der Waals surface area contributed by atoms with E-state index in [0.717, 1.165) is 6.92 Å². The van der Waals surface area contributed by atoms with Gasteiger partial charge in [-0.15, -0.1) is 0 Å². The molecule has 0 aliphatic rings. The van der Waals surface area contributed by atoms with E-state index in [-0.39, 0.29) is 19.5 Å². The van der Waals surface area contributed by atoms with E-state index in [1.807, 2.05) is 0 Å². The standard InChI is InChI=1S/C8H16N2O5S/c1-6(8(12)13)16(14,15)5-2-7(11)10-4-3-9/h6H,2-5,9H2,1H3,(H,10,11)(H,12,13). The summed E-state index contributed by atoms with van der Waals surface area (Å²) in [6, 6.07) is 0. The van der Waals surface area contributed by atoms with Crippen molar-refractivity contribution in [3.8, 4) is 0 Å². The maximum absolute atomic E-state index is 11.4. The lowest BCUT2D eigenvalue weighted by atomic mass is 10.4. The average Bonchev–Trinajstić information content (AvgIpc) is 2.22. The van der Waals surface area contributed by atoms with Gasteiger partial charge in [0.25, 0.3) is 0 Å². The van der Waals surface area contributed by atoms with Crippen molar-refractivity contribution in [2.45, 2.75) is 18.6 Å². The highest BCUT2D eigenvalue weighted by molar-refractivity contribution is 7.92. The van der Waals surface area contributed by atoms with E-state index in [0.29, 0.717) is 0 Å². The number of nitrogens with one attached hydrogen (secondary N) is 1. The third kappa shape index (κ3) is 5.08. The molecular weight excluding hydrogens is 236 g/mol. The number of carboxylic acids is 1. The van der Waals surface area contributed by atoms with E-state index < -0.39 is 32.7 Å². The van der Waals surface area contributed by atoms with E-state index in [9.17, 15) is 18.0 Å². The molecule has 0 aliphatic heterocycles. The number of sulfone groups is 1. The number of carbonyl (C=O) groups is 2. The molecule has 1 atom stereocenters. The van der Waals surface area contributed by atoms with Crippen molar-refractivity contribution in [1.29, 1.82) is 0 Å². The average molecular weight is 252 g/mol. The molecule has 4 N–H and O–H groups in total. The van der Waals surface area contributed by atoms with Gasteiger partial charge in [0, 0.05) is 19.5 Å². The summed E-state index contributed by atoms with van der Waals surface area (Å²) in [5.41, 5.74) is 5.14. The van der Waals surface area contributed by atoms with Crippen LogP contribution in [0.15, 0.2) is 0 Å². The van der Waals surface area contributed by atoms with Crippen molar-refractivity contribution in [2.75, 3.05) is 18.8 Å². The van der Waals surface area contributed by atoms with Crippen molar-refractivity contribution >= 4 is 21.7 Å². The van der Waals surface area contributed by atoms with Crippen LogP contribution in [-0.4, -0.2) is 49.5 Å². The summed E-state index contributed by atoms with van der Waals surface area (Å²) >= 11 is 0. The number of aliphatic carboxylic acids is 1. The first-order valence-electron chi connectivity index (χ1n) is 4.72. The van der Waals surface area contributed by atoms with Crippen molar-refractivity contribution in [3.63, 3.8) is 0 Å². The Morgan fingerprint density at radius 1 is 1.44 bits per heavy atom. The monoisotopic (exact) mass is 252 g/mol. The van der Waals surface area contributed by atoms with Crippen LogP contribution in [0.5, 0.6) is 0 Å². The molecule has 0 fully saturated rings. The summed E-state index contributed by atoms with van der Waals surface area (Å²) in [7, 11) is -3.77. The van der Waals surface area contributed by atoms with Crippen molar-refractivity contribution in [3.05, 3.63) is 0 Å². The van der Waals surface area contributed by atoms with Gasteiger partial charge in [-0.1, -0.05) is 0 Å². The molecule has 0 radical (unpaired) electrons. The lowest BCUT2D eigenvalue weighted by molar-refractivity contribution is -0.136. The second kappa shape index (κ2) is 6.44. The summed E-state index contributed by atoms with van der Waals surface area (Å²) < 4.78 is 22.7. The van der Waals surface area contributed by atoms with E-state index in [4.69, 9.17) is 10.8 Å². The van der Waals surface area contributed by atoms with E-state index in [2.05, 4.69) is 5.32 Å². The number of rotatable bonds is 7. The zero-order chi connectivity index (χ0) is 12.8. The van der Waals surface area contributed by atoms with Gasteiger partial charge < -0.3 is 16.2 Å². The molecule has 0 saturated heterocycles. The molecule has 0 rings (SSSR count). The minimum atomic E-state index is -3.77. The third-order valence-electron chi connectivity index (χ3n) is 1.97. The molecule has 1 amide bonds. The summed E-state index contributed by atoms with van der Waals surface area (Å²) in [5.74, 6) is -2.34. The largest absolute Gasteiger partial charge is 0.480 e. The van der Waals surface area contributed by atoms with Gasteiger partial charge in [-0.3, -0.25) is 9.59 Å². The van der Waals surface area contributed by atoms with Crippen molar-refractivity contribution in [2.24, 2.45) is 5.73 Å². The van der Waals surface area contributed by atoms with Gasteiger partial charge in [0.05, 0.1) is 5.75 Å². The van der Waals surface area contributed by atoms with Crippen LogP contribution in [0.25, 0.3) is 0 Å². The minimum absolute atomic E-state index is 0.250. The second-order valence-corrected chi connectivity index (χ2v) is 5.68. The van der Waals surface area contributed by atoms with Crippen LogP contribution in [0.3, 0.4) is 0 Å². The Labute approximate surface area is 93.9 Å². The molecule has 7 nitrogen and oxygen atoms in total. The maximum Gasteiger partial charge on any atom is 0.321 e. The van der Waals surface area contributed by atoms with Gasteiger partial charge in [-0.25, -0.2) is 8.42 Å². The Bertz CT molecular complexity index is 351. The first-order chi connectivity index (χ1) is 7.31. The van der Waals surface area contributed by atoms with Gasteiger partial charge >= 0.3 is 5.97 Å². The van der Waals surface area contributed by atoms with Gasteiger partial charge in [-0.05, 0) is 6.92 Å². The highest BCUT2D eigenvalue weighted by atomic mass is 32.2. The topological polar surface area (TPSA) is 127 Å². The van der Waals surface area contributed by atoms with Crippen LogP contribution in [0.1, 0.15) is 13.3 Å². The fraction of sp³-hybridized carbons (Fsp3) is 0.750. The molecule has 0 saturated carbocycles. The number of hydrogen-bond donors (Lipinski definition) is 3. The fourth-order valence-corrected chi connectivity index (χ4v) is 2.00. The highest BCUT2D eigenvalue weighted by Gasteiger charge is 2.27. The summed E-state index contributed by atoms with van der Waals surface area (Å²) in [4.78, 5) is 21.5. The first-order valence-corrected chi connectivity index (χ1v) is 6.44. The summed E-state index contributed by atoms with van der Waals surface area (Å²) in [5, 5.41) is 9.43. The molecule has 8 heteroatoms. The number of hydrogen-bond acceptors (Lipinski definition) is 5. The molecule has 0 bridgehead atoms. The Kier molecular flexibility index (Phi) is 5.97. The maximum atomic E-state index is 11.4. The lowest BCUT2D eigenvalue weighted by Crippen LogP contribution is -2.33. The van der Waals surface area contributed by atoms with Crippen LogP contribution in [0.2, 0.25) is 0 Å². The molecular formula is C8H16N2O5S. The Hall–Kier alpha value is -1.15. The van der Waals surface area contributed by atoms with Gasteiger partial charge in [0.15, 0.2) is 15.1 Å². The molecule has 0 heterocycles. The minimum Gasteiger partial charge on any atom is -0.480 e. The fourth-order valence-electron chi connectivity index (χ4n) is 0.865. The van der Waals surface area contributed by atoms with Crippen LogP contribution < -0.4 is 11.1 Å². The van der Waals surface area contributed by atoms with Gasteiger partial charge in [0.1, 0.15) is 0 Å². The quantitative estimate of drug-likeness (QED) is 0.497. The Morgan fingerprint density at radius 3 is 2.44 bits per heavy atom. The first kappa shape index (κ1) is 14.8. The predicted octanol–water partition coefficient (Wildman–Crippen LogP) is -1.66. The molecule has 0 aromatic rings. The normalized spacial score (nSPS) is 13.1. The number of carboxylic acid groups (broad SMARTS) is 1. The smallest absolute Gasteiger partial charge is 0.321 e. The predicted molar refractivity (Wildman–Crippen MR) is 57.6 cm³/mol. The number of amides is 1. The van der Waals surface area contributed by atoms with E-state index in [1.165, 1.54) is 0 Å². The van der Waals surface area contributed by atoms with Crippen LogP contribution >= 0.6 is 0 Å². The molecule has 0 spiro atoms. The number of carbonyl (C=O) groups excluding carboxylic acids is 1. The molecule has 0 aliphatic carbocycles. The SMILES string of the molecule is CC(C(=O)O)S(=O)(=O)CCC(=O)NCCN. The van der Waals surface area contributed by atoms with Crippen molar-refractivity contribution < 1.29 is 23.1 Å². The zero-order valence-corrected chi connectivity index (χ0v) is 9.79. The lowest BCUT2D eigenvalue weighted by Gasteiger charge is -2.08. The van der Waals surface area contributed by atoms with E-state index in [1.54, 1.807) is 0 Å². The zero-order valence-electron chi connectivity index (χ0n) is 8.97. The number of nitrogens with two attached hydrogens (primary N) is 1. The van der Waals surface area contributed by atoms with E-state index >= 15 is 0 Å². The summed E-state index contributed by atoms with van der Waals surface area (Å²) in [6.07, 6.45) is -0.250. The second-order valence-electron chi connectivity index (χ2n) is 3.24. The molecule has 0 aromatic heterocycles.